The number of nitrogen functional groups attached to an aromatic ring is 1. The molecule has 38 heavy (non-hydrogen) atoms. The minimum atomic E-state index is -4.42. The van der Waals surface area contributed by atoms with Gasteiger partial charge in [0.2, 0.25) is 0 Å². The highest BCUT2D eigenvalue weighted by Crippen LogP contribution is 2.38. The van der Waals surface area contributed by atoms with Crippen molar-refractivity contribution in [2.24, 2.45) is 5.73 Å². The molecule has 0 aliphatic carbocycles. The van der Waals surface area contributed by atoms with Gasteiger partial charge in [0.15, 0.2) is 11.6 Å². The maximum absolute atomic E-state index is 13.1. The van der Waals surface area contributed by atoms with E-state index in [0.717, 1.165) is 34.3 Å². The number of ether oxygens (including phenoxy) is 1. The Balaban J connectivity index is 1.44. The van der Waals surface area contributed by atoms with E-state index in [1.165, 1.54) is 6.07 Å². The first-order valence-electron chi connectivity index (χ1n) is 11.8. The number of aryl methyl sites for hydroxylation is 2. The molecule has 0 radical (unpaired) electrons. The third-order valence-corrected chi connectivity index (χ3v) is 6.25. The second-order valence-electron chi connectivity index (χ2n) is 9.06. The van der Waals surface area contributed by atoms with Gasteiger partial charge in [-0.1, -0.05) is 18.2 Å². The zero-order valence-electron chi connectivity index (χ0n) is 20.6. The monoisotopic (exact) mass is 522 g/mol. The Labute approximate surface area is 215 Å². The number of nitrogens with two attached hydrogens (primary N) is 2. The van der Waals surface area contributed by atoms with Gasteiger partial charge in [-0.3, -0.25) is 10.1 Å². The van der Waals surface area contributed by atoms with Crippen molar-refractivity contribution in [2.75, 3.05) is 12.3 Å². The summed E-state index contributed by atoms with van der Waals surface area (Å²) >= 11 is 0. The molecule has 196 valence electrons. The smallest absolute Gasteiger partial charge is 0.416 e. The zero-order chi connectivity index (χ0) is 27.0. The van der Waals surface area contributed by atoms with Crippen LogP contribution in [0.15, 0.2) is 59.3 Å². The molecule has 0 spiro atoms. The average Bonchev–Trinajstić information content (AvgIpc) is 3.47. The number of rotatable bonds is 7. The quantitative estimate of drug-likeness (QED) is 0.259. The molecule has 1 aromatic carbocycles. The van der Waals surface area contributed by atoms with E-state index >= 15 is 0 Å². The lowest BCUT2D eigenvalue weighted by Crippen LogP contribution is -2.30. The largest absolute Gasteiger partial charge is 0.488 e. The number of anilines is 1. The van der Waals surface area contributed by atoms with Crippen molar-refractivity contribution < 1.29 is 22.3 Å². The van der Waals surface area contributed by atoms with Crippen molar-refractivity contribution in [3.05, 3.63) is 77.5 Å². The van der Waals surface area contributed by atoms with Gasteiger partial charge in [0.25, 0.3) is 0 Å². The number of alkyl halides is 3. The standard InChI is InChI=1S/C27H25F3N6O2/c1-14-20-10-22(33-12-23(20)36-35-14)21-11-24(26(32)34-25(21)19-6-7-37-15(19)2)38-13-18(31)9-16-4-3-5-17(8-16)27(28,29)30/h3-8,10-12,18H,9,13,31H2,1-2H3,(H2,32,34)(H,35,36)/t18-/m1/s1. The van der Waals surface area contributed by atoms with Crippen LogP contribution >= 0.6 is 0 Å². The first-order chi connectivity index (χ1) is 18.1. The first kappa shape index (κ1) is 25.3. The fourth-order valence-corrected chi connectivity index (χ4v) is 4.28. The van der Waals surface area contributed by atoms with Crippen LogP contribution in [-0.2, 0) is 12.6 Å². The molecule has 0 fully saturated rings. The Bertz CT molecular complexity index is 1610. The van der Waals surface area contributed by atoms with Crippen molar-refractivity contribution in [1.29, 1.82) is 0 Å². The van der Waals surface area contributed by atoms with E-state index in [1.807, 2.05) is 19.9 Å². The first-order valence-corrected chi connectivity index (χ1v) is 11.8. The van der Waals surface area contributed by atoms with Gasteiger partial charge in [-0.15, -0.1) is 0 Å². The summed E-state index contributed by atoms with van der Waals surface area (Å²) in [7, 11) is 0. The van der Waals surface area contributed by atoms with Crippen LogP contribution in [0.3, 0.4) is 0 Å². The third kappa shape index (κ3) is 5.05. The summed E-state index contributed by atoms with van der Waals surface area (Å²) in [6.45, 7) is 3.73. The number of furan rings is 1. The van der Waals surface area contributed by atoms with E-state index < -0.39 is 17.8 Å². The number of pyridine rings is 2. The highest BCUT2D eigenvalue weighted by molar-refractivity contribution is 5.89. The van der Waals surface area contributed by atoms with Crippen LogP contribution in [0, 0.1) is 13.8 Å². The lowest BCUT2D eigenvalue weighted by Gasteiger charge is -2.17. The van der Waals surface area contributed by atoms with E-state index in [0.29, 0.717) is 28.3 Å². The van der Waals surface area contributed by atoms with Crippen molar-refractivity contribution in [3.8, 4) is 28.3 Å². The van der Waals surface area contributed by atoms with E-state index in [2.05, 4.69) is 20.2 Å². The number of nitrogens with zero attached hydrogens (tertiary/aromatic N) is 3. The molecule has 0 saturated heterocycles. The third-order valence-electron chi connectivity index (χ3n) is 6.25. The number of halogens is 3. The molecular weight excluding hydrogens is 497 g/mol. The Morgan fingerprint density at radius 1 is 1.11 bits per heavy atom. The molecule has 5 rings (SSSR count). The molecule has 5 aromatic rings. The Morgan fingerprint density at radius 2 is 1.92 bits per heavy atom. The molecule has 4 aromatic heterocycles. The van der Waals surface area contributed by atoms with Crippen molar-refractivity contribution >= 4 is 16.7 Å². The summed E-state index contributed by atoms with van der Waals surface area (Å²) in [5, 5.41) is 8.08. The summed E-state index contributed by atoms with van der Waals surface area (Å²) in [5.74, 6) is 1.09. The van der Waals surface area contributed by atoms with Gasteiger partial charge in [0, 0.05) is 22.6 Å². The van der Waals surface area contributed by atoms with E-state index in [-0.39, 0.29) is 24.6 Å². The Kier molecular flexibility index (Phi) is 6.53. The number of hydrogen-bond donors (Lipinski definition) is 3. The van der Waals surface area contributed by atoms with Gasteiger partial charge in [-0.05, 0) is 50.1 Å². The number of hydrogen-bond acceptors (Lipinski definition) is 7. The average molecular weight is 523 g/mol. The molecule has 0 aliphatic heterocycles. The molecule has 0 saturated carbocycles. The summed E-state index contributed by atoms with van der Waals surface area (Å²) in [6.07, 6.45) is -0.971. The highest BCUT2D eigenvalue weighted by Gasteiger charge is 2.30. The van der Waals surface area contributed by atoms with Crippen molar-refractivity contribution in [3.63, 3.8) is 0 Å². The maximum atomic E-state index is 13.1. The van der Waals surface area contributed by atoms with Crippen LogP contribution in [0.2, 0.25) is 0 Å². The van der Waals surface area contributed by atoms with E-state index in [4.69, 9.17) is 20.6 Å². The van der Waals surface area contributed by atoms with Gasteiger partial charge in [-0.25, -0.2) is 4.98 Å². The molecule has 5 N–H and O–H groups in total. The fraction of sp³-hybridized carbons (Fsp3) is 0.222. The van der Waals surface area contributed by atoms with Crippen LogP contribution < -0.4 is 16.2 Å². The normalized spacial score (nSPS) is 12.7. The van der Waals surface area contributed by atoms with Gasteiger partial charge < -0.3 is 20.6 Å². The lowest BCUT2D eigenvalue weighted by molar-refractivity contribution is -0.137. The number of H-pyrrole nitrogens is 1. The molecule has 0 unspecified atom stereocenters. The van der Waals surface area contributed by atoms with Crippen LogP contribution in [0.5, 0.6) is 5.75 Å². The summed E-state index contributed by atoms with van der Waals surface area (Å²) in [5.41, 5.74) is 16.4. The van der Waals surface area contributed by atoms with E-state index in [1.54, 1.807) is 30.7 Å². The van der Waals surface area contributed by atoms with Gasteiger partial charge in [0.05, 0.1) is 40.6 Å². The van der Waals surface area contributed by atoms with Crippen LogP contribution in [0.4, 0.5) is 19.0 Å². The Hall–Kier alpha value is -4.38. The number of nitrogens with one attached hydrogen (secondary N) is 1. The van der Waals surface area contributed by atoms with Crippen molar-refractivity contribution in [1.82, 2.24) is 20.2 Å². The predicted molar refractivity (Wildman–Crippen MR) is 137 cm³/mol. The SMILES string of the molecule is Cc1occc1-c1nc(N)c(OC[C@H](N)Cc2cccc(C(F)(F)F)c2)cc1-c1cc2c(C)n[nH]c2cn1. The van der Waals surface area contributed by atoms with Crippen LogP contribution in [0.25, 0.3) is 33.4 Å². The van der Waals surface area contributed by atoms with Crippen LogP contribution in [0.1, 0.15) is 22.6 Å². The molecule has 1 atom stereocenters. The zero-order valence-corrected chi connectivity index (χ0v) is 20.6. The molecule has 0 amide bonds. The minimum absolute atomic E-state index is 0.0128. The molecule has 4 heterocycles. The van der Waals surface area contributed by atoms with E-state index in [9.17, 15) is 13.2 Å². The van der Waals surface area contributed by atoms with Crippen LogP contribution in [-0.4, -0.2) is 32.8 Å². The second-order valence-corrected chi connectivity index (χ2v) is 9.06. The van der Waals surface area contributed by atoms with Gasteiger partial charge >= 0.3 is 6.18 Å². The Morgan fingerprint density at radius 3 is 2.66 bits per heavy atom. The number of benzene rings is 1. The molecule has 0 bridgehead atoms. The second kappa shape index (κ2) is 9.82. The number of aromatic amines is 1. The number of aromatic nitrogens is 4. The van der Waals surface area contributed by atoms with Crippen molar-refractivity contribution in [2.45, 2.75) is 32.5 Å². The minimum Gasteiger partial charge on any atom is -0.488 e. The van der Waals surface area contributed by atoms with Gasteiger partial charge in [-0.2, -0.15) is 18.3 Å². The maximum Gasteiger partial charge on any atom is 0.416 e. The summed E-state index contributed by atoms with van der Waals surface area (Å²) in [6, 6.07) is 9.95. The highest BCUT2D eigenvalue weighted by atomic mass is 19.4. The molecular formula is C27H25F3N6O2. The fourth-order valence-electron chi connectivity index (χ4n) is 4.28. The molecule has 11 heteroatoms. The molecule has 8 nitrogen and oxygen atoms in total. The molecule has 0 aliphatic rings. The summed E-state index contributed by atoms with van der Waals surface area (Å²) in [4.78, 5) is 9.19. The lowest BCUT2D eigenvalue weighted by atomic mass is 10.0. The topological polar surface area (TPSA) is 129 Å². The summed E-state index contributed by atoms with van der Waals surface area (Å²) < 4.78 is 50.6. The number of fused-ring (bicyclic) bond motifs is 1. The van der Waals surface area contributed by atoms with Gasteiger partial charge in [0.1, 0.15) is 12.4 Å². The predicted octanol–water partition coefficient (Wildman–Crippen LogP) is 5.45.